The van der Waals surface area contributed by atoms with Crippen molar-refractivity contribution in [1.82, 2.24) is 4.98 Å². The minimum absolute atomic E-state index is 0.271. The molecule has 0 aliphatic carbocycles. The number of nitrogens with one attached hydrogen (secondary N) is 1. The van der Waals surface area contributed by atoms with E-state index >= 15 is 0 Å². The Labute approximate surface area is 85.2 Å². The summed E-state index contributed by atoms with van der Waals surface area (Å²) in [5.74, 6) is 1.09. The first-order valence-corrected chi connectivity index (χ1v) is 4.94. The third-order valence-electron chi connectivity index (χ3n) is 2.17. The largest absolute Gasteiger partial charge is 0.391 e. The highest BCUT2D eigenvalue weighted by atomic mass is 16.3. The van der Waals surface area contributed by atoms with Crippen molar-refractivity contribution in [3.63, 3.8) is 0 Å². The van der Waals surface area contributed by atoms with Crippen LogP contribution in [-0.4, -0.2) is 22.7 Å². The molecule has 0 saturated carbocycles. The molecule has 1 rings (SSSR count). The maximum absolute atomic E-state index is 9.55. The maximum atomic E-state index is 9.55. The second kappa shape index (κ2) is 4.96. The van der Waals surface area contributed by atoms with Crippen molar-refractivity contribution in [2.75, 3.05) is 11.9 Å². The molecule has 1 aromatic heterocycles. The summed E-state index contributed by atoms with van der Waals surface area (Å²) in [5.41, 5.74) is 1.14. The molecule has 0 spiro atoms. The van der Waals surface area contributed by atoms with Gasteiger partial charge in [-0.2, -0.15) is 0 Å². The van der Waals surface area contributed by atoms with Crippen LogP contribution in [0.4, 0.5) is 5.82 Å². The number of anilines is 1. The Morgan fingerprint density at radius 1 is 1.43 bits per heavy atom. The van der Waals surface area contributed by atoms with Gasteiger partial charge in [-0.25, -0.2) is 4.98 Å². The predicted octanol–water partition coefficient (Wildman–Crippen LogP) is 1.82. The molecule has 0 radical (unpaired) electrons. The van der Waals surface area contributed by atoms with Crippen LogP contribution >= 0.6 is 0 Å². The fraction of sp³-hybridized carbons (Fsp3) is 0.545. The van der Waals surface area contributed by atoms with Crippen LogP contribution in [-0.2, 0) is 0 Å². The first-order valence-electron chi connectivity index (χ1n) is 4.94. The van der Waals surface area contributed by atoms with Crippen LogP contribution in [0.3, 0.4) is 0 Å². The van der Waals surface area contributed by atoms with Gasteiger partial charge in [0.1, 0.15) is 5.82 Å². The van der Waals surface area contributed by atoms with E-state index in [1.54, 1.807) is 0 Å². The smallest absolute Gasteiger partial charge is 0.125 e. The summed E-state index contributed by atoms with van der Waals surface area (Å²) in [7, 11) is 0. The van der Waals surface area contributed by atoms with Gasteiger partial charge in [0.15, 0.2) is 0 Å². The SMILES string of the molecule is Cc1ccc(NCC(O)C(C)C)nc1. The highest BCUT2D eigenvalue weighted by Crippen LogP contribution is 2.06. The lowest BCUT2D eigenvalue weighted by Crippen LogP contribution is -2.25. The topological polar surface area (TPSA) is 45.1 Å². The molecule has 1 aromatic rings. The molecule has 3 nitrogen and oxygen atoms in total. The molecule has 0 bridgehead atoms. The highest BCUT2D eigenvalue weighted by molar-refractivity contribution is 5.35. The van der Waals surface area contributed by atoms with Gasteiger partial charge in [0.05, 0.1) is 6.10 Å². The van der Waals surface area contributed by atoms with Crippen molar-refractivity contribution in [3.05, 3.63) is 23.9 Å². The standard InChI is InChI=1S/C11H18N2O/c1-8(2)10(14)7-13-11-5-4-9(3)6-12-11/h4-6,8,10,14H,7H2,1-3H3,(H,12,13). The number of aromatic nitrogens is 1. The normalized spacial score (nSPS) is 12.9. The van der Waals surface area contributed by atoms with Crippen LogP contribution in [0.15, 0.2) is 18.3 Å². The van der Waals surface area contributed by atoms with Gasteiger partial charge in [0, 0.05) is 12.7 Å². The molecule has 1 unspecified atom stereocenters. The lowest BCUT2D eigenvalue weighted by Gasteiger charge is -2.15. The molecule has 0 aromatic carbocycles. The summed E-state index contributed by atoms with van der Waals surface area (Å²) in [5, 5.41) is 12.6. The van der Waals surface area contributed by atoms with Gasteiger partial charge in [-0.15, -0.1) is 0 Å². The van der Waals surface area contributed by atoms with Gasteiger partial charge in [-0.05, 0) is 24.5 Å². The van der Waals surface area contributed by atoms with E-state index in [-0.39, 0.29) is 12.0 Å². The number of aliphatic hydroxyl groups is 1. The van der Waals surface area contributed by atoms with Crippen molar-refractivity contribution in [3.8, 4) is 0 Å². The van der Waals surface area contributed by atoms with E-state index in [1.807, 2.05) is 39.1 Å². The summed E-state index contributed by atoms with van der Waals surface area (Å²) in [6.07, 6.45) is 1.49. The van der Waals surface area contributed by atoms with Crippen molar-refractivity contribution in [1.29, 1.82) is 0 Å². The quantitative estimate of drug-likeness (QED) is 0.768. The van der Waals surface area contributed by atoms with E-state index < -0.39 is 0 Å². The van der Waals surface area contributed by atoms with Crippen molar-refractivity contribution < 1.29 is 5.11 Å². The number of rotatable bonds is 4. The van der Waals surface area contributed by atoms with E-state index in [2.05, 4.69) is 10.3 Å². The minimum Gasteiger partial charge on any atom is -0.391 e. The van der Waals surface area contributed by atoms with Crippen LogP contribution in [0.5, 0.6) is 0 Å². The maximum Gasteiger partial charge on any atom is 0.125 e. The zero-order valence-corrected chi connectivity index (χ0v) is 8.99. The zero-order valence-electron chi connectivity index (χ0n) is 8.99. The molecule has 2 N–H and O–H groups in total. The molecule has 1 heterocycles. The molecule has 0 saturated heterocycles. The van der Waals surface area contributed by atoms with Crippen LogP contribution in [0.1, 0.15) is 19.4 Å². The average molecular weight is 194 g/mol. The summed E-state index contributed by atoms with van der Waals surface area (Å²) < 4.78 is 0. The Balaban J connectivity index is 2.42. The van der Waals surface area contributed by atoms with Crippen LogP contribution in [0.25, 0.3) is 0 Å². The van der Waals surface area contributed by atoms with E-state index in [1.165, 1.54) is 0 Å². The number of hydrogen-bond acceptors (Lipinski definition) is 3. The Morgan fingerprint density at radius 2 is 2.14 bits per heavy atom. The minimum atomic E-state index is -0.321. The molecule has 0 aliphatic heterocycles. The number of aryl methyl sites for hydroxylation is 1. The van der Waals surface area contributed by atoms with Gasteiger partial charge < -0.3 is 10.4 Å². The second-order valence-electron chi connectivity index (χ2n) is 3.91. The van der Waals surface area contributed by atoms with Crippen molar-refractivity contribution in [2.24, 2.45) is 5.92 Å². The lowest BCUT2D eigenvalue weighted by atomic mass is 10.1. The molecule has 0 fully saturated rings. The number of pyridine rings is 1. The second-order valence-corrected chi connectivity index (χ2v) is 3.91. The van der Waals surface area contributed by atoms with Gasteiger partial charge in [-0.1, -0.05) is 19.9 Å². The molecule has 3 heteroatoms. The Bertz CT molecular complexity index is 269. The predicted molar refractivity (Wildman–Crippen MR) is 58.3 cm³/mol. The van der Waals surface area contributed by atoms with E-state index in [4.69, 9.17) is 0 Å². The molecule has 78 valence electrons. The summed E-state index contributed by atoms with van der Waals surface area (Å²) >= 11 is 0. The molecule has 0 amide bonds. The monoisotopic (exact) mass is 194 g/mol. The average Bonchev–Trinajstić information content (AvgIpc) is 2.16. The zero-order chi connectivity index (χ0) is 10.6. The summed E-state index contributed by atoms with van der Waals surface area (Å²) in [6, 6.07) is 3.92. The number of nitrogens with zero attached hydrogens (tertiary/aromatic N) is 1. The Hall–Kier alpha value is -1.09. The summed E-state index contributed by atoms with van der Waals surface area (Å²) in [6.45, 7) is 6.54. The third-order valence-corrected chi connectivity index (χ3v) is 2.17. The van der Waals surface area contributed by atoms with Crippen LogP contribution in [0, 0.1) is 12.8 Å². The van der Waals surface area contributed by atoms with Gasteiger partial charge in [0.2, 0.25) is 0 Å². The summed E-state index contributed by atoms with van der Waals surface area (Å²) in [4.78, 5) is 4.19. The highest BCUT2D eigenvalue weighted by Gasteiger charge is 2.08. The van der Waals surface area contributed by atoms with Gasteiger partial charge in [0.25, 0.3) is 0 Å². The van der Waals surface area contributed by atoms with E-state index in [0.29, 0.717) is 6.54 Å². The van der Waals surface area contributed by atoms with E-state index in [0.717, 1.165) is 11.4 Å². The fourth-order valence-corrected chi connectivity index (χ4v) is 1.02. The molecular weight excluding hydrogens is 176 g/mol. The molecular formula is C11H18N2O. The molecule has 1 atom stereocenters. The first-order chi connectivity index (χ1) is 6.59. The van der Waals surface area contributed by atoms with Crippen LogP contribution in [0.2, 0.25) is 0 Å². The molecule has 0 aliphatic rings. The number of aliphatic hydroxyl groups excluding tert-OH is 1. The fourth-order valence-electron chi connectivity index (χ4n) is 1.02. The van der Waals surface area contributed by atoms with Crippen molar-refractivity contribution >= 4 is 5.82 Å². The Kier molecular flexibility index (Phi) is 3.89. The van der Waals surface area contributed by atoms with Crippen LogP contribution < -0.4 is 5.32 Å². The Morgan fingerprint density at radius 3 is 2.64 bits per heavy atom. The third kappa shape index (κ3) is 3.34. The van der Waals surface area contributed by atoms with E-state index in [9.17, 15) is 5.11 Å². The first kappa shape index (κ1) is 11.0. The number of hydrogen-bond donors (Lipinski definition) is 2. The van der Waals surface area contributed by atoms with Crippen molar-refractivity contribution in [2.45, 2.75) is 26.9 Å². The van der Waals surface area contributed by atoms with Gasteiger partial charge >= 0.3 is 0 Å². The lowest BCUT2D eigenvalue weighted by molar-refractivity contribution is 0.138. The molecule has 14 heavy (non-hydrogen) atoms. The van der Waals surface area contributed by atoms with Gasteiger partial charge in [-0.3, -0.25) is 0 Å².